The number of urea groups is 1. The summed E-state index contributed by atoms with van der Waals surface area (Å²) in [5, 5.41) is 2.76. The Balaban J connectivity index is 1.16. The van der Waals surface area contributed by atoms with Crippen molar-refractivity contribution in [3.05, 3.63) is 101 Å². The number of rotatable bonds is 8. The van der Waals surface area contributed by atoms with Gasteiger partial charge < -0.3 is 15.0 Å². The number of cyclic esters (lactones) is 1. The zero-order valence-corrected chi connectivity index (χ0v) is 23.6. The number of nitrogens with one attached hydrogen (secondary N) is 1. The van der Waals surface area contributed by atoms with Crippen LogP contribution in [0.1, 0.15) is 42.0 Å². The van der Waals surface area contributed by atoms with E-state index in [4.69, 9.17) is 4.74 Å². The van der Waals surface area contributed by atoms with Crippen molar-refractivity contribution in [1.29, 1.82) is 0 Å². The molecular weight excluding hydrogens is 551 g/mol. The Morgan fingerprint density at radius 3 is 2.27 bits per heavy atom. The highest BCUT2D eigenvalue weighted by molar-refractivity contribution is 7.98. The van der Waals surface area contributed by atoms with E-state index in [1.54, 1.807) is 11.8 Å². The molecule has 0 aromatic heterocycles. The van der Waals surface area contributed by atoms with Crippen molar-refractivity contribution in [3.8, 4) is 0 Å². The number of imide groups is 1. The fourth-order valence-electron chi connectivity index (χ4n) is 5.78. The number of likely N-dealkylation sites (tertiary alicyclic amines) is 1. The predicted molar refractivity (Wildman–Crippen MR) is 151 cm³/mol. The summed E-state index contributed by atoms with van der Waals surface area (Å²) in [4.78, 5) is 29.5. The molecule has 216 valence electrons. The number of hydrogen-bond acceptors (Lipinski definition) is 5. The first kappa shape index (κ1) is 29.0. The van der Waals surface area contributed by atoms with Crippen LogP contribution in [0.2, 0.25) is 0 Å². The van der Waals surface area contributed by atoms with E-state index >= 15 is 0 Å². The van der Waals surface area contributed by atoms with Gasteiger partial charge in [0.2, 0.25) is 0 Å². The molecule has 1 N–H and O–H groups in total. The molecule has 10 heteroatoms. The molecule has 0 saturated carbocycles. The fraction of sp³-hybridized carbons (Fsp3) is 0.355. The van der Waals surface area contributed by atoms with E-state index in [0.717, 1.165) is 55.1 Å². The average molecular weight is 584 g/mol. The number of piperidine rings is 1. The summed E-state index contributed by atoms with van der Waals surface area (Å²) < 4.78 is 45.8. The van der Waals surface area contributed by atoms with Gasteiger partial charge in [-0.2, -0.15) is 0 Å². The molecule has 3 aromatic rings. The number of hydrogen-bond donors (Lipinski definition) is 1. The molecule has 3 aromatic carbocycles. The summed E-state index contributed by atoms with van der Waals surface area (Å²) in [5.41, 5.74) is 2.41. The second kappa shape index (κ2) is 12.6. The van der Waals surface area contributed by atoms with Crippen LogP contribution in [0.15, 0.2) is 71.6 Å². The van der Waals surface area contributed by atoms with E-state index < -0.39 is 29.8 Å². The van der Waals surface area contributed by atoms with Crippen LogP contribution in [0.5, 0.6) is 0 Å². The SMILES string of the molecule is CSc1ccc(C2(c3ccc(F)cc3)CCN(CCCNC(=O)N3C(=O)OCC3c3ccc(F)c(F)c3)CC2)cc1. The fourth-order valence-corrected chi connectivity index (χ4v) is 6.18. The molecule has 2 fully saturated rings. The minimum atomic E-state index is -1.05. The Bertz CT molecular complexity index is 1380. The third-order valence-electron chi connectivity index (χ3n) is 8.10. The summed E-state index contributed by atoms with van der Waals surface area (Å²) >= 11 is 1.70. The summed E-state index contributed by atoms with van der Waals surface area (Å²) in [6.07, 6.45) is 3.64. The van der Waals surface area contributed by atoms with Gasteiger partial charge in [-0.15, -0.1) is 11.8 Å². The van der Waals surface area contributed by atoms with E-state index in [9.17, 15) is 22.8 Å². The zero-order valence-electron chi connectivity index (χ0n) is 22.7. The van der Waals surface area contributed by atoms with Gasteiger partial charge in [0.1, 0.15) is 18.5 Å². The monoisotopic (exact) mass is 583 g/mol. The Kier molecular flexibility index (Phi) is 8.89. The minimum absolute atomic E-state index is 0.124. The van der Waals surface area contributed by atoms with E-state index in [0.29, 0.717) is 13.0 Å². The van der Waals surface area contributed by atoms with Crippen molar-refractivity contribution < 1.29 is 27.5 Å². The van der Waals surface area contributed by atoms with Crippen LogP contribution >= 0.6 is 11.8 Å². The molecule has 2 aliphatic heterocycles. The van der Waals surface area contributed by atoms with Crippen LogP contribution in [0.4, 0.5) is 22.8 Å². The van der Waals surface area contributed by atoms with E-state index in [1.807, 2.05) is 18.4 Å². The highest BCUT2D eigenvalue weighted by Crippen LogP contribution is 2.42. The van der Waals surface area contributed by atoms with Crippen LogP contribution < -0.4 is 5.32 Å². The molecule has 0 bridgehead atoms. The van der Waals surface area contributed by atoms with Crippen LogP contribution in [-0.4, -0.2) is 61.0 Å². The molecule has 2 aliphatic rings. The number of thioether (sulfide) groups is 1. The lowest BCUT2D eigenvalue weighted by atomic mass is 9.68. The van der Waals surface area contributed by atoms with Gasteiger partial charge >= 0.3 is 12.1 Å². The van der Waals surface area contributed by atoms with Crippen molar-refractivity contribution in [3.63, 3.8) is 0 Å². The molecule has 0 spiro atoms. The molecule has 1 unspecified atom stereocenters. The van der Waals surface area contributed by atoms with Crippen molar-refractivity contribution in [1.82, 2.24) is 15.1 Å². The number of carbonyl (C=O) groups excluding carboxylic acids is 2. The van der Waals surface area contributed by atoms with Crippen molar-refractivity contribution >= 4 is 23.9 Å². The Morgan fingerprint density at radius 2 is 1.63 bits per heavy atom. The highest BCUT2D eigenvalue weighted by Gasteiger charge is 2.40. The number of halogens is 3. The molecule has 5 rings (SSSR count). The van der Waals surface area contributed by atoms with Gasteiger partial charge in [-0.3, -0.25) is 0 Å². The van der Waals surface area contributed by atoms with Crippen molar-refractivity contribution in [2.24, 2.45) is 0 Å². The van der Waals surface area contributed by atoms with Crippen molar-refractivity contribution in [2.75, 3.05) is 39.0 Å². The van der Waals surface area contributed by atoms with Gasteiger partial charge in [0.25, 0.3) is 0 Å². The summed E-state index contributed by atoms with van der Waals surface area (Å²) in [6, 6.07) is 17.3. The molecular formula is C31H32F3N3O3S. The smallest absolute Gasteiger partial charge is 0.418 e. The second-order valence-corrected chi connectivity index (χ2v) is 11.3. The largest absolute Gasteiger partial charge is 0.446 e. The average Bonchev–Trinajstić information content (AvgIpc) is 3.38. The first-order valence-corrected chi connectivity index (χ1v) is 14.8. The van der Waals surface area contributed by atoms with Gasteiger partial charge in [-0.25, -0.2) is 27.7 Å². The summed E-state index contributed by atoms with van der Waals surface area (Å²) in [5.74, 6) is -2.31. The normalized spacial score (nSPS) is 18.8. The number of benzene rings is 3. The van der Waals surface area contributed by atoms with Gasteiger partial charge in [0.15, 0.2) is 11.6 Å². The lowest BCUT2D eigenvalue weighted by molar-refractivity contribution is 0.157. The lowest BCUT2D eigenvalue weighted by Gasteiger charge is -2.43. The first-order chi connectivity index (χ1) is 19.8. The van der Waals surface area contributed by atoms with Gasteiger partial charge in [-0.05, 0) is 98.2 Å². The first-order valence-electron chi connectivity index (χ1n) is 13.6. The quantitative estimate of drug-likeness (QED) is 0.242. The maximum absolute atomic E-state index is 13.7. The topological polar surface area (TPSA) is 61.9 Å². The highest BCUT2D eigenvalue weighted by atomic mass is 32.2. The van der Waals surface area contributed by atoms with E-state index in [-0.39, 0.29) is 23.4 Å². The molecule has 0 aliphatic carbocycles. The predicted octanol–water partition coefficient (Wildman–Crippen LogP) is 6.50. The third-order valence-corrected chi connectivity index (χ3v) is 8.84. The molecule has 0 radical (unpaired) electrons. The molecule has 6 nitrogen and oxygen atoms in total. The van der Waals surface area contributed by atoms with Gasteiger partial charge in [0, 0.05) is 16.9 Å². The number of nitrogens with zero attached hydrogens (tertiary/aromatic N) is 2. The molecule has 1 atom stereocenters. The Hall–Kier alpha value is -3.50. The second-order valence-electron chi connectivity index (χ2n) is 10.4. The van der Waals surface area contributed by atoms with E-state index in [2.05, 4.69) is 34.5 Å². The van der Waals surface area contributed by atoms with E-state index in [1.165, 1.54) is 28.7 Å². The zero-order chi connectivity index (χ0) is 29.0. The maximum Gasteiger partial charge on any atom is 0.418 e. The van der Waals surface area contributed by atoms with Crippen LogP contribution in [0, 0.1) is 17.5 Å². The van der Waals surface area contributed by atoms with Gasteiger partial charge in [0.05, 0.1) is 0 Å². The van der Waals surface area contributed by atoms with Crippen molar-refractivity contribution in [2.45, 2.75) is 35.6 Å². The summed E-state index contributed by atoms with van der Waals surface area (Å²) in [7, 11) is 0. The molecule has 41 heavy (non-hydrogen) atoms. The minimum Gasteiger partial charge on any atom is -0.446 e. The van der Waals surface area contributed by atoms with Crippen LogP contribution in [-0.2, 0) is 10.2 Å². The Labute approximate surface area is 241 Å². The Morgan fingerprint density at radius 1 is 0.976 bits per heavy atom. The lowest BCUT2D eigenvalue weighted by Crippen LogP contribution is -2.45. The molecule has 3 amide bonds. The molecule has 2 heterocycles. The number of ether oxygens (including phenoxy) is 1. The molecule has 2 saturated heterocycles. The number of carbonyl (C=O) groups is 2. The third kappa shape index (κ3) is 6.23. The summed E-state index contributed by atoms with van der Waals surface area (Å²) in [6.45, 7) is 2.64. The number of amides is 3. The standard InChI is InChI=1S/C31H32F3N3O3S/c1-41-25-10-6-23(7-11-25)31(22-4-8-24(32)9-5-22)13-17-36(18-14-31)16-2-15-35-29(38)37-28(20-40-30(37)39)21-3-12-26(33)27(34)19-21/h3-12,19,28H,2,13-18,20H2,1H3,(H,35,38). The van der Waals surface area contributed by atoms with Crippen LogP contribution in [0.25, 0.3) is 0 Å². The van der Waals surface area contributed by atoms with Gasteiger partial charge in [-0.1, -0.05) is 30.3 Å². The maximum atomic E-state index is 13.7. The van der Waals surface area contributed by atoms with Crippen LogP contribution in [0.3, 0.4) is 0 Å².